The van der Waals surface area contributed by atoms with Crippen LogP contribution in [0.3, 0.4) is 0 Å². The molecule has 2 aromatic carbocycles. The minimum atomic E-state index is -1.77. The van der Waals surface area contributed by atoms with Crippen molar-refractivity contribution in [2.75, 3.05) is 12.4 Å². The van der Waals surface area contributed by atoms with Crippen LogP contribution in [0.25, 0.3) is 0 Å². The summed E-state index contributed by atoms with van der Waals surface area (Å²) >= 11 is 18.1. The van der Waals surface area contributed by atoms with E-state index in [0.29, 0.717) is 32.1 Å². The summed E-state index contributed by atoms with van der Waals surface area (Å²) in [6.07, 6.45) is -0.713. The quantitative estimate of drug-likeness (QED) is 0.659. The Morgan fingerprint density at radius 2 is 1.90 bits per heavy atom. The van der Waals surface area contributed by atoms with Gasteiger partial charge in [0.05, 0.1) is 30.0 Å². The molecule has 0 radical (unpaired) electrons. The maximum Gasteiger partial charge on any atom is 0.308 e. The van der Waals surface area contributed by atoms with Gasteiger partial charge in [-0.1, -0.05) is 46.0 Å². The van der Waals surface area contributed by atoms with Gasteiger partial charge in [0.25, 0.3) is 5.91 Å². The zero-order chi connectivity index (χ0) is 21.2. The third kappa shape index (κ3) is 4.58. The summed E-state index contributed by atoms with van der Waals surface area (Å²) in [5.74, 6) is -1.57. The van der Waals surface area contributed by atoms with Gasteiger partial charge < -0.3 is 20.0 Å². The van der Waals surface area contributed by atoms with Gasteiger partial charge in [0, 0.05) is 22.0 Å². The second-order valence-electron chi connectivity index (χ2n) is 6.29. The highest BCUT2D eigenvalue weighted by Crippen LogP contribution is 2.36. The van der Waals surface area contributed by atoms with E-state index in [-0.39, 0.29) is 12.1 Å². The van der Waals surface area contributed by atoms with Crippen LogP contribution in [0.1, 0.15) is 18.4 Å². The van der Waals surface area contributed by atoms with Crippen LogP contribution in [0.2, 0.25) is 15.1 Å². The van der Waals surface area contributed by atoms with E-state index in [1.165, 1.54) is 19.2 Å². The number of aliphatic carboxylic acids is 1. The largest absolute Gasteiger partial charge is 0.495 e. The van der Waals surface area contributed by atoms with Crippen molar-refractivity contribution in [1.29, 1.82) is 0 Å². The van der Waals surface area contributed by atoms with Crippen molar-refractivity contribution < 1.29 is 24.3 Å². The van der Waals surface area contributed by atoms with Crippen LogP contribution < -0.4 is 10.1 Å². The Labute approximate surface area is 181 Å². The zero-order valence-corrected chi connectivity index (χ0v) is 17.3. The van der Waals surface area contributed by atoms with Gasteiger partial charge in [-0.3, -0.25) is 9.59 Å². The standard InChI is InChI=1S/C19H15Cl3N2O5/c1-28-16-5-3-11(21)7-14(16)23-18(27)19(9-17(25)26)8-15(24-29-19)12-4-2-10(20)6-13(12)22/h2-7H,8-9H2,1H3,(H,23,27)(H,25,26). The van der Waals surface area contributed by atoms with E-state index in [1.807, 2.05) is 0 Å². The molecule has 1 unspecified atom stereocenters. The van der Waals surface area contributed by atoms with Gasteiger partial charge in [-0.2, -0.15) is 0 Å². The minimum Gasteiger partial charge on any atom is -0.495 e. The number of ether oxygens (including phenoxy) is 1. The van der Waals surface area contributed by atoms with Gasteiger partial charge in [0.2, 0.25) is 5.60 Å². The van der Waals surface area contributed by atoms with Crippen molar-refractivity contribution >= 4 is 58.1 Å². The molecule has 0 saturated carbocycles. The fraction of sp³-hybridized carbons (Fsp3) is 0.211. The number of nitrogens with zero attached hydrogens (tertiary/aromatic N) is 1. The maximum atomic E-state index is 13.0. The average molecular weight is 458 g/mol. The smallest absolute Gasteiger partial charge is 0.308 e. The number of halogens is 3. The van der Waals surface area contributed by atoms with E-state index in [2.05, 4.69) is 10.5 Å². The molecule has 0 saturated heterocycles. The molecule has 0 aliphatic carbocycles. The molecule has 10 heteroatoms. The van der Waals surface area contributed by atoms with E-state index in [0.717, 1.165) is 0 Å². The number of carboxylic acid groups (broad SMARTS) is 1. The van der Waals surface area contributed by atoms with Crippen molar-refractivity contribution in [3.63, 3.8) is 0 Å². The zero-order valence-electron chi connectivity index (χ0n) is 15.0. The van der Waals surface area contributed by atoms with Crippen molar-refractivity contribution in [3.05, 3.63) is 57.0 Å². The summed E-state index contributed by atoms with van der Waals surface area (Å²) in [5.41, 5.74) is -0.661. The average Bonchev–Trinajstić information content (AvgIpc) is 3.06. The van der Waals surface area contributed by atoms with Crippen LogP contribution >= 0.6 is 34.8 Å². The lowest BCUT2D eigenvalue weighted by Gasteiger charge is -2.24. The molecule has 1 aliphatic heterocycles. The van der Waals surface area contributed by atoms with Crippen LogP contribution in [0.15, 0.2) is 41.6 Å². The lowest BCUT2D eigenvalue weighted by atomic mass is 9.90. The molecular formula is C19H15Cl3N2O5. The molecule has 1 aliphatic rings. The molecule has 0 aromatic heterocycles. The molecule has 29 heavy (non-hydrogen) atoms. The highest BCUT2D eigenvalue weighted by Gasteiger charge is 2.49. The van der Waals surface area contributed by atoms with Crippen molar-refractivity contribution in [1.82, 2.24) is 0 Å². The number of nitrogens with one attached hydrogen (secondary N) is 1. The van der Waals surface area contributed by atoms with Crippen LogP contribution in [0.4, 0.5) is 5.69 Å². The number of methoxy groups -OCH3 is 1. The molecule has 0 bridgehead atoms. The fourth-order valence-corrected chi connectivity index (χ4v) is 3.59. The Morgan fingerprint density at radius 1 is 1.21 bits per heavy atom. The Balaban J connectivity index is 1.90. The number of hydrogen-bond acceptors (Lipinski definition) is 5. The number of carbonyl (C=O) groups excluding carboxylic acids is 1. The Bertz CT molecular complexity index is 1010. The third-order valence-corrected chi connectivity index (χ3v) is 5.07. The van der Waals surface area contributed by atoms with Gasteiger partial charge in [-0.15, -0.1) is 0 Å². The van der Waals surface area contributed by atoms with Crippen molar-refractivity contribution in [3.8, 4) is 5.75 Å². The minimum absolute atomic E-state index is 0.102. The predicted octanol–water partition coefficient (Wildman–Crippen LogP) is 4.63. The fourth-order valence-electron chi connectivity index (χ4n) is 2.90. The molecule has 0 fully saturated rings. The molecule has 152 valence electrons. The lowest BCUT2D eigenvalue weighted by Crippen LogP contribution is -2.45. The number of amides is 1. The number of carboxylic acids is 1. The Morgan fingerprint density at radius 3 is 2.55 bits per heavy atom. The molecule has 2 N–H and O–H groups in total. The summed E-state index contributed by atoms with van der Waals surface area (Å²) in [6.45, 7) is 0. The summed E-state index contributed by atoms with van der Waals surface area (Å²) in [5, 5.41) is 17.0. The first kappa shape index (κ1) is 21.2. The van der Waals surface area contributed by atoms with E-state index in [4.69, 9.17) is 44.4 Å². The Kier molecular flexibility index (Phi) is 6.21. The predicted molar refractivity (Wildman–Crippen MR) is 110 cm³/mol. The van der Waals surface area contributed by atoms with Gasteiger partial charge in [-0.25, -0.2) is 0 Å². The van der Waals surface area contributed by atoms with Crippen molar-refractivity contribution in [2.45, 2.75) is 18.4 Å². The van der Waals surface area contributed by atoms with E-state index in [1.54, 1.807) is 24.3 Å². The number of carbonyl (C=O) groups is 2. The summed E-state index contributed by atoms with van der Waals surface area (Å²) in [7, 11) is 1.43. The first-order chi connectivity index (χ1) is 13.7. The van der Waals surface area contributed by atoms with Gasteiger partial charge in [-0.05, 0) is 30.3 Å². The first-order valence-corrected chi connectivity index (χ1v) is 9.45. The normalized spacial score (nSPS) is 18.0. The number of hydrogen-bond donors (Lipinski definition) is 2. The number of rotatable bonds is 6. The summed E-state index contributed by atoms with van der Waals surface area (Å²) in [4.78, 5) is 29.9. The second-order valence-corrected chi connectivity index (χ2v) is 7.57. The summed E-state index contributed by atoms with van der Waals surface area (Å²) < 4.78 is 5.21. The highest BCUT2D eigenvalue weighted by molar-refractivity contribution is 6.37. The molecule has 2 aromatic rings. The molecule has 7 nitrogen and oxygen atoms in total. The highest BCUT2D eigenvalue weighted by atomic mass is 35.5. The molecule has 1 heterocycles. The van der Waals surface area contributed by atoms with Crippen molar-refractivity contribution in [2.24, 2.45) is 5.16 Å². The van der Waals surface area contributed by atoms with Crippen LogP contribution in [0.5, 0.6) is 5.75 Å². The van der Waals surface area contributed by atoms with E-state index in [9.17, 15) is 14.7 Å². The molecular weight excluding hydrogens is 443 g/mol. The molecule has 1 amide bonds. The SMILES string of the molecule is COc1ccc(Cl)cc1NC(=O)C1(CC(=O)O)CC(c2ccc(Cl)cc2Cl)=NO1. The summed E-state index contributed by atoms with van der Waals surface area (Å²) in [6, 6.07) is 9.42. The van der Waals surface area contributed by atoms with Gasteiger partial charge >= 0.3 is 5.97 Å². The number of anilines is 1. The number of benzene rings is 2. The van der Waals surface area contributed by atoms with Crippen LogP contribution in [-0.2, 0) is 14.4 Å². The van der Waals surface area contributed by atoms with Gasteiger partial charge in [0.15, 0.2) is 0 Å². The topological polar surface area (TPSA) is 97.2 Å². The Hall–Kier alpha value is -2.48. The third-order valence-electron chi connectivity index (χ3n) is 4.29. The van der Waals surface area contributed by atoms with E-state index >= 15 is 0 Å². The van der Waals surface area contributed by atoms with Crippen LogP contribution in [0, 0.1) is 0 Å². The molecule has 0 spiro atoms. The van der Waals surface area contributed by atoms with Gasteiger partial charge in [0.1, 0.15) is 5.75 Å². The van der Waals surface area contributed by atoms with Crippen LogP contribution in [-0.4, -0.2) is 35.4 Å². The monoisotopic (exact) mass is 456 g/mol. The first-order valence-electron chi connectivity index (χ1n) is 8.31. The molecule has 3 rings (SSSR count). The second kappa shape index (κ2) is 8.49. The number of oxime groups is 1. The van der Waals surface area contributed by atoms with E-state index < -0.39 is 23.9 Å². The molecule has 1 atom stereocenters. The lowest BCUT2D eigenvalue weighted by molar-refractivity contribution is -0.152. The maximum absolute atomic E-state index is 13.0.